The molecule has 1 aromatic rings. The normalized spacial score (nSPS) is 10.3. The molecule has 0 fully saturated rings. The van der Waals surface area contributed by atoms with Crippen molar-refractivity contribution in [1.82, 2.24) is 4.90 Å². The molecule has 0 aromatic heterocycles. The first-order valence-electron chi connectivity index (χ1n) is 6.36. The third kappa shape index (κ3) is 5.53. The van der Waals surface area contributed by atoms with Gasteiger partial charge in [0.25, 0.3) is 0 Å². The van der Waals surface area contributed by atoms with Crippen molar-refractivity contribution >= 4 is 17.7 Å². The lowest BCUT2D eigenvalue weighted by Gasteiger charge is -2.20. The van der Waals surface area contributed by atoms with Crippen LogP contribution in [-0.2, 0) is 4.79 Å². The van der Waals surface area contributed by atoms with Crippen LogP contribution in [0, 0.1) is 0 Å². The third-order valence-corrected chi connectivity index (χ3v) is 3.63. The molecule has 0 radical (unpaired) electrons. The summed E-state index contributed by atoms with van der Waals surface area (Å²) in [5.74, 6) is 1.27. The van der Waals surface area contributed by atoms with Gasteiger partial charge in [-0.15, -0.1) is 11.8 Å². The summed E-state index contributed by atoms with van der Waals surface area (Å²) in [6.07, 6.45) is 0.902. The van der Waals surface area contributed by atoms with Crippen LogP contribution in [0.25, 0.3) is 0 Å². The summed E-state index contributed by atoms with van der Waals surface area (Å²) < 4.78 is 5.08. The first-order chi connectivity index (χ1) is 9.21. The first kappa shape index (κ1) is 15.9. The Morgan fingerprint density at radius 3 is 2.53 bits per heavy atom. The van der Waals surface area contributed by atoms with Crippen LogP contribution < -0.4 is 4.74 Å². The van der Waals surface area contributed by atoms with Crippen molar-refractivity contribution in [3.8, 4) is 5.75 Å². The van der Waals surface area contributed by atoms with E-state index in [1.165, 1.54) is 11.8 Å². The molecule has 1 amide bonds. The molecule has 0 aliphatic carbocycles. The molecule has 0 saturated heterocycles. The quantitative estimate of drug-likeness (QED) is 0.742. The van der Waals surface area contributed by atoms with Crippen LogP contribution in [0.1, 0.15) is 13.3 Å². The van der Waals surface area contributed by atoms with Crippen LogP contribution in [0.3, 0.4) is 0 Å². The number of hydrogen-bond acceptors (Lipinski definition) is 4. The summed E-state index contributed by atoms with van der Waals surface area (Å²) in [7, 11) is 1.63. The molecule has 0 spiro atoms. The molecule has 0 bridgehead atoms. The number of rotatable bonds is 8. The van der Waals surface area contributed by atoms with Gasteiger partial charge in [0.15, 0.2) is 0 Å². The number of hydrogen-bond donors (Lipinski definition) is 1. The number of nitrogens with zero attached hydrogens (tertiary/aromatic N) is 1. The predicted octanol–water partition coefficient (Wildman–Crippen LogP) is 2.02. The van der Waals surface area contributed by atoms with Crippen LogP contribution in [0.15, 0.2) is 29.2 Å². The van der Waals surface area contributed by atoms with E-state index in [1.807, 2.05) is 31.2 Å². The molecule has 4 nitrogen and oxygen atoms in total. The minimum Gasteiger partial charge on any atom is -0.497 e. The Morgan fingerprint density at radius 2 is 2.00 bits per heavy atom. The van der Waals surface area contributed by atoms with Gasteiger partial charge < -0.3 is 14.7 Å². The fourth-order valence-corrected chi connectivity index (χ4v) is 2.46. The van der Waals surface area contributed by atoms with Gasteiger partial charge in [-0.05, 0) is 30.7 Å². The molecule has 1 N–H and O–H groups in total. The van der Waals surface area contributed by atoms with Gasteiger partial charge in [-0.3, -0.25) is 4.79 Å². The number of carbonyl (C=O) groups is 1. The van der Waals surface area contributed by atoms with Gasteiger partial charge >= 0.3 is 0 Å². The van der Waals surface area contributed by atoms with Crippen LogP contribution in [-0.4, -0.2) is 48.5 Å². The highest BCUT2D eigenvalue weighted by Gasteiger charge is 2.12. The number of benzene rings is 1. The van der Waals surface area contributed by atoms with Gasteiger partial charge in [-0.2, -0.15) is 0 Å². The minimum absolute atomic E-state index is 0.0128. The number of methoxy groups -OCH3 is 1. The third-order valence-electron chi connectivity index (χ3n) is 2.64. The lowest BCUT2D eigenvalue weighted by atomic mass is 10.3. The average Bonchev–Trinajstić information content (AvgIpc) is 2.45. The number of aliphatic hydroxyl groups excluding tert-OH is 1. The fourth-order valence-electron chi connectivity index (χ4n) is 1.66. The zero-order chi connectivity index (χ0) is 14.1. The Bertz CT molecular complexity index is 375. The van der Waals surface area contributed by atoms with Crippen molar-refractivity contribution in [3.63, 3.8) is 0 Å². The Hall–Kier alpha value is -1.20. The summed E-state index contributed by atoms with van der Waals surface area (Å²) in [6, 6.07) is 7.63. The SMILES string of the molecule is CCCN(CCO)C(=O)CSc1ccc(OC)cc1. The zero-order valence-electron chi connectivity index (χ0n) is 11.5. The van der Waals surface area contributed by atoms with Crippen LogP contribution in [0.4, 0.5) is 0 Å². The van der Waals surface area contributed by atoms with Gasteiger partial charge in [0.2, 0.25) is 5.91 Å². The number of carbonyl (C=O) groups excluding carboxylic acids is 1. The van der Waals surface area contributed by atoms with Gasteiger partial charge in [-0.25, -0.2) is 0 Å². The maximum atomic E-state index is 12.0. The van der Waals surface area contributed by atoms with E-state index >= 15 is 0 Å². The van der Waals surface area contributed by atoms with Crippen molar-refractivity contribution in [2.45, 2.75) is 18.2 Å². The second-order valence-corrected chi connectivity index (χ2v) is 5.12. The molecule has 0 aliphatic rings. The molecule has 19 heavy (non-hydrogen) atoms. The molecule has 0 heterocycles. The molecule has 0 saturated carbocycles. The zero-order valence-corrected chi connectivity index (χ0v) is 12.3. The van der Waals surface area contributed by atoms with E-state index in [1.54, 1.807) is 12.0 Å². The first-order valence-corrected chi connectivity index (χ1v) is 7.35. The molecule has 106 valence electrons. The van der Waals surface area contributed by atoms with E-state index in [2.05, 4.69) is 0 Å². The van der Waals surface area contributed by atoms with E-state index in [9.17, 15) is 4.79 Å². The average molecular weight is 283 g/mol. The van der Waals surface area contributed by atoms with Gasteiger partial charge in [-0.1, -0.05) is 6.92 Å². The molecule has 1 aromatic carbocycles. The Balaban J connectivity index is 2.46. The maximum absolute atomic E-state index is 12.0. The molecular weight excluding hydrogens is 262 g/mol. The molecule has 0 unspecified atom stereocenters. The maximum Gasteiger partial charge on any atom is 0.233 e. The largest absolute Gasteiger partial charge is 0.497 e. The van der Waals surface area contributed by atoms with Crippen molar-refractivity contribution in [1.29, 1.82) is 0 Å². The van der Waals surface area contributed by atoms with E-state index in [0.29, 0.717) is 18.8 Å². The van der Waals surface area contributed by atoms with Crippen molar-refractivity contribution < 1.29 is 14.6 Å². The van der Waals surface area contributed by atoms with Crippen molar-refractivity contribution in [2.75, 3.05) is 32.6 Å². The topological polar surface area (TPSA) is 49.8 Å². The Kier molecular flexibility index (Phi) is 7.36. The van der Waals surface area contributed by atoms with E-state index in [-0.39, 0.29) is 12.5 Å². The Morgan fingerprint density at radius 1 is 1.32 bits per heavy atom. The monoisotopic (exact) mass is 283 g/mol. The second-order valence-electron chi connectivity index (χ2n) is 4.07. The van der Waals surface area contributed by atoms with Gasteiger partial charge in [0.1, 0.15) is 5.75 Å². The standard InChI is InChI=1S/C14H21NO3S/c1-3-8-15(9-10-16)14(17)11-19-13-6-4-12(18-2)5-7-13/h4-7,16H,3,8-11H2,1-2H3. The predicted molar refractivity (Wildman–Crippen MR) is 77.7 cm³/mol. The Labute approximate surface area is 118 Å². The smallest absolute Gasteiger partial charge is 0.233 e. The van der Waals surface area contributed by atoms with E-state index in [4.69, 9.17) is 9.84 Å². The lowest BCUT2D eigenvalue weighted by Crippen LogP contribution is -2.35. The van der Waals surface area contributed by atoms with Crippen LogP contribution in [0.5, 0.6) is 5.75 Å². The number of amides is 1. The lowest BCUT2D eigenvalue weighted by molar-refractivity contribution is -0.128. The van der Waals surface area contributed by atoms with E-state index in [0.717, 1.165) is 17.1 Å². The second kappa shape index (κ2) is 8.82. The number of ether oxygens (including phenoxy) is 1. The molecule has 0 aliphatic heterocycles. The molecule has 1 rings (SSSR count). The molecule has 0 atom stereocenters. The van der Waals surface area contributed by atoms with Crippen molar-refractivity contribution in [3.05, 3.63) is 24.3 Å². The van der Waals surface area contributed by atoms with Gasteiger partial charge in [0.05, 0.1) is 19.5 Å². The number of thioether (sulfide) groups is 1. The summed E-state index contributed by atoms with van der Waals surface area (Å²) in [4.78, 5) is 14.7. The van der Waals surface area contributed by atoms with Crippen LogP contribution >= 0.6 is 11.8 Å². The summed E-state index contributed by atoms with van der Waals surface area (Å²) >= 11 is 1.50. The van der Waals surface area contributed by atoms with Crippen LogP contribution in [0.2, 0.25) is 0 Å². The van der Waals surface area contributed by atoms with Gasteiger partial charge in [0, 0.05) is 18.0 Å². The highest BCUT2D eigenvalue weighted by molar-refractivity contribution is 8.00. The molecule has 5 heteroatoms. The summed E-state index contributed by atoms with van der Waals surface area (Å²) in [5.41, 5.74) is 0. The highest BCUT2D eigenvalue weighted by Crippen LogP contribution is 2.21. The number of aliphatic hydroxyl groups is 1. The minimum atomic E-state index is 0.0128. The van der Waals surface area contributed by atoms with Crippen molar-refractivity contribution in [2.24, 2.45) is 0 Å². The summed E-state index contributed by atoms with van der Waals surface area (Å²) in [5, 5.41) is 8.94. The fraction of sp³-hybridized carbons (Fsp3) is 0.500. The highest BCUT2D eigenvalue weighted by atomic mass is 32.2. The van der Waals surface area contributed by atoms with E-state index < -0.39 is 0 Å². The summed E-state index contributed by atoms with van der Waals surface area (Å²) in [6.45, 7) is 3.14. The molecular formula is C14H21NO3S.